The summed E-state index contributed by atoms with van der Waals surface area (Å²) in [6.07, 6.45) is 7.48. The maximum absolute atomic E-state index is 5.80. The lowest BCUT2D eigenvalue weighted by molar-refractivity contribution is 0.638. The summed E-state index contributed by atoms with van der Waals surface area (Å²) in [6, 6.07) is 4.99. The normalized spacial score (nSPS) is 29.1. The molecule has 1 aromatic rings. The molecule has 3 nitrogen and oxygen atoms in total. The molecule has 3 heteroatoms. The minimum Gasteiger partial charge on any atom is -0.328 e. The summed E-state index contributed by atoms with van der Waals surface area (Å²) >= 11 is 0. The summed E-state index contributed by atoms with van der Waals surface area (Å²) in [5, 5.41) is 0. The highest BCUT2D eigenvalue weighted by molar-refractivity contribution is 4.97. The quantitative estimate of drug-likeness (QED) is 0.684. The van der Waals surface area contributed by atoms with E-state index in [0.29, 0.717) is 12.1 Å². The second-order valence-electron chi connectivity index (χ2n) is 3.49. The number of hydrogen-bond acceptors (Lipinski definition) is 2. The Labute approximate surface area is 72.5 Å². The number of aromatic nitrogens is 1. The molecular formula is C9H15N3. The van der Waals surface area contributed by atoms with Crippen molar-refractivity contribution in [1.82, 2.24) is 4.68 Å². The van der Waals surface area contributed by atoms with Crippen LogP contribution in [0.2, 0.25) is 0 Å². The van der Waals surface area contributed by atoms with Crippen LogP contribution in [0.15, 0.2) is 24.5 Å². The molecule has 0 aromatic carbocycles. The van der Waals surface area contributed by atoms with Crippen LogP contribution in [0.1, 0.15) is 19.3 Å². The first-order valence-corrected chi connectivity index (χ1v) is 4.50. The zero-order valence-corrected chi connectivity index (χ0v) is 7.11. The molecule has 3 N–H and O–H groups in total. The lowest BCUT2D eigenvalue weighted by Crippen LogP contribution is -2.26. The molecule has 2 unspecified atom stereocenters. The van der Waals surface area contributed by atoms with Crippen molar-refractivity contribution in [1.29, 1.82) is 0 Å². The average molecular weight is 165 g/mol. The Bertz CT molecular complexity index is 230. The van der Waals surface area contributed by atoms with Gasteiger partial charge in [-0.2, -0.15) is 0 Å². The predicted octanol–water partition coefficient (Wildman–Crippen LogP) is 0.911. The van der Waals surface area contributed by atoms with Crippen LogP contribution < -0.4 is 11.2 Å². The van der Waals surface area contributed by atoms with Crippen molar-refractivity contribution >= 4 is 0 Å². The Morgan fingerprint density at radius 1 is 1.25 bits per heavy atom. The smallest absolute Gasteiger partial charge is 0.0439 e. The Morgan fingerprint density at radius 2 is 2.00 bits per heavy atom. The maximum atomic E-state index is 5.80. The van der Waals surface area contributed by atoms with Crippen LogP contribution in [0.5, 0.6) is 0 Å². The van der Waals surface area contributed by atoms with Crippen LogP contribution in [-0.2, 0) is 0 Å². The minimum atomic E-state index is 0.401. The third kappa shape index (κ3) is 1.61. The van der Waals surface area contributed by atoms with Gasteiger partial charge in [0.25, 0.3) is 0 Å². The molecule has 0 saturated heterocycles. The Morgan fingerprint density at radius 3 is 2.58 bits per heavy atom. The van der Waals surface area contributed by atoms with Crippen molar-refractivity contribution in [2.75, 3.05) is 5.43 Å². The minimum absolute atomic E-state index is 0.401. The zero-order chi connectivity index (χ0) is 8.39. The standard InChI is InChI=1S/C9H15N3/c10-8-3-4-9(7-8)11-12-5-1-2-6-12/h1-2,5-6,8-9,11H,3-4,7,10H2. The molecule has 12 heavy (non-hydrogen) atoms. The van der Waals surface area contributed by atoms with E-state index in [-0.39, 0.29) is 0 Å². The molecule has 0 amide bonds. The number of nitrogens with two attached hydrogens (primary N) is 1. The van der Waals surface area contributed by atoms with E-state index in [1.54, 1.807) is 0 Å². The van der Waals surface area contributed by atoms with Gasteiger partial charge in [0.05, 0.1) is 0 Å². The molecule has 0 aliphatic heterocycles. The third-order valence-electron chi connectivity index (χ3n) is 2.41. The van der Waals surface area contributed by atoms with Gasteiger partial charge in [0.15, 0.2) is 0 Å². The van der Waals surface area contributed by atoms with Gasteiger partial charge in [0.1, 0.15) is 0 Å². The first kappa shape index (κ1) is 7.68. The fourth-order valence-electron chi connectivity index (χ4n) is 1.77. The summed E-state index contributed by atoms with van der Waals surface area (Å²) in [7, 11) is 0. The second kappa shape index (κ2) is 3.19. The summed E-state index contributed by atoms with van der Waals surface area (Å²) in [6.45, 7) is 0. The van der Waals surface area contributed by atoms with Crippen LogP contribution in [0, 0.1) is 0 Å². The van der Waals surface area contributed by atoms with Crippen molar-refractivity contribution < 1.29 is 0 Å². The topological polar surface area (TPSA) is 43.0 Å². The fourth-order valence-corrected chi connectivity index (χ4v) is 1.77. The van der Waals surface area contributed by atoms with Gasteiger partial charge < -0.3 is 11.2 Å². The molecule has 1 aliphatic carbocycles. The SMILES string of the molecule is NC1CCC(Nn2cccc2)C1. The van der Waals surface area contributed by atoms with Crippen LogP contribution >= 0.6 is 0 Å². The van der Waals surface area contributed by atoms with Crippen molar-refractivity contribution in [3.63, 3.8) is 0 Å². The van der Waals surface area contributed by atoms with Crippen molar-refractivity contribution in [3.05, 3.63) is 24.5 Å². The molecule has 1 saturated carbocycles. The zero-order valence-electron chi connectivity index (χ0n) is 7.11. The Kier molecular flexibility index (Phi) is 2.04. The summed E-state index contributed by atoms with van der Waals surface area (Å²) < 4.78 is 2.00. The Hall–Kier alpha value is -0.960. The number of nitrogens with one attached hydrogen (secondary N) is 1. The van der Waals surface area contributed by atoms with Gasteiger partial charge in [-0.25, -0.2) is 0 Å². The molecular weight excluding hydrogens is 150 g/mol. The first-order valence-electron chi connectivity index (χ1n) is 4.50. The van der Waals surface area contributed by atoms with Gasteiger partial charge in [-0.15, -0.1) is 0 Å². The van der Waals surface area contributed by atoms with E-state index in [1.165, 1.54) is 6.42 Å². The van der Waals surface area contributed by atoms with E-state index < -0.39 is 0 Å². The van der Waals surface area contributed by atoms with E-state index in [1.807, 2.05) is 29.2 Å². The van der Waals surface area contributed by atoms with E-state index in [2.05, 4.69) is 5.43 Å². The Balaban J connectivity index is 1.88. The molecule has 0 spiro atoms. The summed E-state index contributed by atoms with van der Waals surface area (Å²) in [4.78, 5) is 0. The predicted molar refractivity (Wildman–Crippen MR) is 49.4 cm³/mol. The third-order valence-corrected chi connectivity index (χ3v) is 2.41. The average Bonchev–Trinajstić information content (AvgIpc) is 2.63. The number of nitrogens with zero attached hydrogens (tertiary/aromatic N) is 1. The highest BCUT2D eigenvalue weighted by atomic mass is 15.4. The molecule has 1 heterocycles. The summed E-state index contributed by atoms with van der Waals surface area (Å²) in [5.74, 6) is 0. The largest absolute Gasteiger partial charge is 0.328 e. The van der Waals surface area contributed by atoms with Crippen LogP contribution in [0.4, 0.5) is 0 Å². The molecule has 1 fully saturated rings. The highest BCUT2D eigenvalue weighted by Gasteiger charge is 2.20. The van der Waals surface area contributed by atoms with Crippen LogP contribution in [0.3, 0.4) is 0 Å². The van der Waals surface area contributed by atoms with E-state index in [4.69, 9.17) is 5.73 Å². The van der Waals surface area contributed by atoms with E-state index in [9.17, 15) is 0 Å². The van der Waals surface area contributed by atoms with Gasteiger partial charge >= 0.3 is 0 Å². The van der Waals surface area contributed by atoms with Crippen molar-refractivity contribution in [2.45, 2.75) is 31.3 Å². The second-order valence-corrected chi connectivity index (χ2v) is 3.49. The molecule has 66 valence electrons. The van der Waals surface area contributed by atoms with Gasteiger partial charge in [0, 0.05) is 24.5 Å². The first-order chi connectivity index (χ1) is 5.84. The van der Waals surface area contributed by atoms with Gasteiger partial charge in [-0.1, -0.05) is 0 Å². The maximum Gasteiger partial charge on any atom is 0.0439 e. The van der Waals surface area contributed by atoms with Gasteiger partial charge in [-0.3, -0.25) is 4.68 Å². The van der Waals surface area contributed by atoms with E-state index in [0.717, 1.165) is 12.8 Å². The molecule has 1 aliphatic rings. The lowest BCUT2D eigenvalue weighted by atomic mass is 10.2. The van der Waals surface area contributed by atoms with Crippen molar-refractivity contribution in [2.24, 2.45) is 5.73 Å². The lowest BCUT2D eigenvalue weighted by Gasteiger charge is -2.14. The van der Waals surface area contributed by atoms with Crippen molar-refractivity contribution in [3.8, 4) is 0 Å². The van der Waals surface area contributed by atoms with Gasteiger partial charge in [-0.05, 0) is 31.4 Å². The molecule has 0 radical (unpaired) electrons. The monoisotopic (exact) mass is 165 g/mol. The molecule has 2 atom stereocenters. The summed E-state index contributed by atoms with van der Waals surface area (Å²) in [5.41, 5.74) is 9.19. The highest BCUT2D eigenvalue weighted by Crippen LogP contribution is 2.17. The number of rotatable bonds is 2. The molecule has 1 aromatic heterocycles. The molecule has 2 rings (SSSR count). The number of hydrogen-bond donors (Lipinski definition) is 2. The van der Waals surface area contributed by atoms with E-state index >= 15 is 0 Å². The van der Waals surface area contributed by atoms with Crippen LogP contribution in [-0.4, -0.2) is 16.8 Å². The van der Waals surface area contributed by atoms with Gasteiger partial charge in [0.2, 0.25) is 0 Å². The molecule has 0 bridgehead atoms. The van der Waals surface area contributed by atoms with Crippen LogP contribution in [0.25, 0.3) is 0 Å². The fraction of sp³-hybridized carbons (Fsp3) is 0.556.